The van der Waals surface area contributed by atoms with Crippen LogP contribution in [0.15, 0.2) is 41.3 Å². The smallest absolute Gasteiger partial charge is 0.258 e. The highest BCUT2D eigenvalue weighted by Gasteiger charge is 2.21. The second-order valence-corrected chi connectivity index (χ2v) is 8.04. The van der Waals surface area contributed by atoms with Crippen LogP contribution in [0.5, 0.6) is 0 Å². The number of hydrogen-bond donors (Lipinski definition) is 2. The minimum Gasteiger partial charge on any atom is -0.322 e. The highest BCUT2D eigenvalue weighted by molar-refractivity contribution is 7.89. The molecule has 0 aliphatic heterocycles. The van der Waals surface area contributed by atoms with E-state index < -0.39 is 21.7 Å². The maximum Gasteiger partial charge on any atom is 0.258 e. The third-order valence-corrected chi connectivity index (χ3v) is 5.81. The van der Waals surface area contributed by atoms with Crippen LogP contribution in [-0.2, 0) is 10.0 Å². The number of aryl methyl sites for hydroxylation is 2. The first-order chi connectivity index (χ1) is 12.1. The van der Waals surface area contributed by atoms with Crippen LogP contribution in [0.25, 0.3) is 0 Å². The molecular formula is C19H23FN2O3S. The quantitative estimate of drug-likeness (QED) is 0.803. The Hall–Kier alpha value is -2.25. The Kier molecular flexibility index (Phi) is 6.15. The normalized spacial score (nSPS) is 12.7. The van der Waals surface area contributed by atoms with E-state index in [4.69, 9.17) is 0 Å². The van der Waals surface area contributed by atoms with Crippen LogP contribution in [0, 0.1) is 19.7 Å². The molecule has 7 heteroatoms. The van der Waals surface area contributed by atoms with Crippen LogP contribution in [0.4, 0.5) is 10.1 Å². The van der Waals surface area contributed by atoms with Crippen molar-refractivity contribution in [3.05, 3.63) is 58.9 Å². The molecule has 0 saturated heterocycles. The number of hydrogen-bond acceptors (Lipinski definition) is 3. The van der Waals surface area contributed by atoms with E-state index in [1.807, 2.05) is 26.8 Å². The summed E-state index contributed by atoms with van der Waals surface area (Å²) < 4.78 is 41.3. The molecule has 0 aliphatic rings. The third-order valence-electron chi connectivity index (χ3n) is 4.23. The van der Waals surface area contributed by atoms with Crippen molar-refractivity contribution in [1.82, 2.24) is 4.72 Å². The molecule has 2 N–H and O–H groups in total. The molecule has 0 fully saturated rings. The fraction of sp³-hybridized carbons (Fsp3) is 0.316. The minimum atomic E-state index is -3.83. The second-order valence-electron chi connectivity index (χ2n) is 6.33. The van der Waals surface area contributed by atoms with Crippen LogP contribution in [0.2, 0.25) is 0 Å². The molecule has 0 aliphatic carbocycles. The van der Waals surface area contributed by atoms with E-state index in [0.29, 0.717) is 12.1 Å². The Bertz CT molecular complexity index is 926. The van der Waals surface area contributed by atoms with Crippen LogP contribution in [0.1, 0.15) is 41.8 Å². The molecule has 0 heterocycles. The van der Waals surface area contributed by atoms with E-state index in [-0.39, 0.29) is 16.5 Å². The first kappa shape index (κ1) is 20.1. The molecule has 2 aromatic rings. The summed E-state index contributed by atoms with van der Waals surface area (Å²) in [6.45, 7) is 7.42. The predicted molar refractivity (Wildman–Crippen MR) is 100 cm³/mol. The van der Waals surface area contributed by atoms with Gasteiger partial charge in [-0.1, -0.05) is 13.0 Å². The summed E-state index contributed by atoms with van der Waals surface area (Å²) >= 11 is 0. The van der Waals surface area contributed by atoms with Gasteiger partial charge in [0.2, 0.25) is 10.0 Å². The number of halogens is 1. The molecule has 0 saturated carbocycles. The Morgan fingerprint density at radius 2 is 1.81 bits per heavy atom. The van der Waals surface area contributed by atoms with E-state index >= 15 is 0 Å². The fourth-order valence-corrected chi connectivity index (χ4v) is 3.63. The topological polar surface area (TPSA) is 75.3 Å². The molecule has 2 aromatic carbocycles. The zero-order chi connectivity index (χ0) is 19.5. The van der Waals surface area contributed by atoms with E-state index in [9.17, 15) is 17.6 Å². The largest absolute Gasteiger partial charge is 0.322 e. The first-order valence-electron chi connectivity index (χ1n) is 8.34. The number of anilines is 1. The van der Waals surface area contributed by atoms with E-state index in [1.54, 1.807) is 19.1 Å². The average Bonchev–Trinajstić information content (AvgIpc) is 2.57. The van der Waals surface area contributed by atoms with Gasteiger partial charge in [-0.15, -0.1) is 0 Å². The van der Waals surface area contributed by atoms with Gasteiger partial charge >= 0.3 is 0 Å². The maximum absolute atomic E-state index is 14.1. The first-order valence-corrected chi connectivity index (χ1v) is 9.83. The Balaban J connectivity index is 2.31. The number of amides is 1. The molecular weight excluding hydrogens is 355 g/mol. The third kappa shape index (κ3) is 4.68. The van der Waals surface area contributed by atoms with Gasteiger partial charge in [-0.25, -0.2) is 17.5 Å². The SMILES string of the molecule is CCC(C)NS(=O)(=O)c1ccc(F)c(C(=O)Nc2ccc(C)c(C)c2)c1. The van der Waals surface area contributed by atoms with Gasteiger partial charge in [0.15, 0.2) is 0 Å². The fourth-order valence-electron chi connectivity index (χ4n) is 2.28. The molecule has 1 unspecified atom stereocenters. The summed E-state index contributed by atoms with van der Waals surface area (Å²) in [6.07, 6.45) is 0.612. The van der Waals surface area contributed by atoms with Crippen LogP contribution >= 0.6 is 0 Å². The summed E-state index contributed by atoms with van der Waals surface area (Å²) in [5, 5.41) is 2.60. The van der Waals surface area contributed by atoms with Gasteiger partial charge in [0, 0.05) is 11.7 Å². The predicted octanol–water partition coefficient (Wildman–Crippen LogP) is 3.77. The van der Waals surface area contributed by atoms with Gasteiger partial charge in [-0.3, -0.25) is 4.79 Å². The van der Waals surface area contributed by atoms with Gasteiger partial charge in [-0.05, 0) is 68.7 Å². The average molecular weight is 378 g/mol. The number of carbonyl (C=O) groups excluding carboxylic acids is 1. The number of rotatable bonds is 6. The molecule has 140 valence electrons. The lowest BCUT2D eigenvalue weighted by atomic mass is 10.1. The minimum absolute atomic E-state index is 0.149. The summed E-state index contributed by atoms with van der Waals surface area (Å²) in [5.74, 6) is -1.49. The van der Waals surface area contributed by atoms with Crippen molar-refractivity contribution in [1.29, 1.82) is 0 Å². The zero-order valence-corrected chi connectivity index (χ0v) is 16.1. The molecule has 0 bridgehead atoms. The van der Waals surface area contributed by atoms with Crippen LogP contribution in [0.3, 0.4) is 0 Å². The molecule has 5 nitrogen and oxygen atoms in total. The molecule has 0 radical (unpaired) electrons. The zero-order valence-electron chi connectivity index (χ0n) is 15.3. The highest BCUT2D eigenvalue weighted by atomic mass is 32.2. The van der Waals surface area contributed by atoms with E-state index in [1.165, 1.54) is 0 Å². The van der Waals surface area contributed by atoms with Gasteiger partial charge in [0.05, 0.1) is 10.5 Å². The van der Waals surface area contributed by atoms with Crippen molar-refractivity contribution in [2.75, 3.05) is 5.32 Å². The molecule has 1 atom stereocenters. The number of benzene rings is 2. The van der Waals surface area contributed by atoms with Crippen LogP contribution < -0.4 is 10.0 Å². The highest BCUT2D eigenvalue weighted by Crippen LogP contribution is 2.19. The summed E-state index contributed by atoms with van der Waals surface area (Å²) in [6, 6.07) is 8.25. The Labute approximate surface area is 153 Å². The van der Waals surface area contributed by atoms with Crippen molar-refractivity contribution in [2.45, 2.75) is 45.1 Å². The van der Waals surface area contributed by atoms with Crippen molar-refractivity contribution < 1.29 is 17.6 Å². The van der Waals surface area contributed by atoms with Crippen molar-refractivity contribution in [3.8, 4) is 0 Å². The van der Waals surface area contributed by atoms with Crippen molar-refractivity contribution in [2.24, 2.45) is 0 Å². The van der Waals surface area contributed by atoms with E-state index in [2.05, 4.69) is 10.0 Å². The molecule has 1 amide bonds. The lowest BCUT2D eigenvalue weighted by molar-refractivity contribution is 0.102. The standard InChI is InChI=1S/C19H23FN2O3S/c1-5-14(4)22-26(24,25)16-8-9-18(20)17(11-16)19(23)21-15-7-6-12(2)13(3)10-15/h6-11,14,22H,5H2,1-4H3,(H,21,23). The van der Waals surface area contributed by atoms with E-state index in [0.717, 1.165) is 29.3 Å². The molecule has 26 heavy (non-hydrogen) atoms. The van der Waals surface area contributed by atoms with Crippen molar-refractivity contribution in [3.63, 3.8) is 0 Å². The monoisotopic (exact) mass is 378 g/mol. The second kappa shape index (κ2) is 7.97. The molecule has 2 rings (SSSR count). The lowest BCUT2D eigenvalue weighted by Crippen LogP contribution is -2.32. The van der Waals surface area contributed by atoms with Crippen LogP contribution in [-0.4, -0.2) is 20.4 Å². The van der Waals surface area contributed by atoms with Gasteiger partial charge in [0.1, 0.15) is 5.82 Å². The number of carbonyl (C=O) groups is 1. The number of sulfonamides is 1. The summed E-state index contributed by atoms with van der Waals surface area (Å²) in [7, 11) is -3.83. The Morgan fingerprint density at radius 3 is 2.42 bits per heavy atom. The maximum atomic E-state index is 14.1. The number of nitrogens with one attached hydrogen (secondary N) is 2. The van der Waals surface area contributed by atoms with Gasteiger partial charge < -0.3 is 5.32 Å². The van der Waals surface area contributed by atoms with Gasteiger partial charge in [0.25, 0.3) is 5.91 Å². The lowest BCUT2D eigenvalue weighted by Gasteiger charge is -2.13. The molecule has 0 aromatic heterocycles. The van der Waals surface area contributed by atoms with Gasteiger partial charge in [-0.2, -0.15) is 0 Å². The molecule has 0 spiro atoms. The summed E-state index contributed by atoms with van der Waals surface area (Å²) in [5.41, 5.74) is 2.24. The Morgan fingerprint density at radius 1 is 1.12 bits per heavy atom. The summed E-state index contributed by atoms with van der Waals surface area (Å²) in [4.78, 5) is 12.3. The van der Waals surface area contributed by atoms with Crippen molar-refractivity contribution >= 4 is 21.6 Å².